The zero-order chi connectivity index (χ0) is 62.2. The minimum atomic E-state index is -2.07. The number of carboxylic acids is 1. The molecule has 28 heteroatoms. The number of carbonyl (C=O) groups is 2. The molecule has 5 saturated heterocycles. The Labute approximate surface area is 491 Å². The lowest BCUT2D eigenvalue weighted by Gasteiger charge is -2.72. The zero-order valence-corrected chi connectivity index (χ0v) is 48.8. The Balaban J connectivity index is 0.856. The lowest BCUT2D eigenvalue weighted by Crippen LogP contribution is -2.72. The molecule has 486 valence electrons. The van der Waals surface area contributed by atoms with E-state index >= 15 is 4.79 Å². The van der Waals surface area contributed by atoms with Crippen molar-refractivity contribution in [2.24, 2.45) is 50.2 Å². The van der Waals surface area contributed by atoms with Gasteiger partial charge in [-0.3, -0.25) is 4.79 Å². The second-order valence-corrected chi connectivity index (χ2v) is 28.1. The van der Waals surface area contributed by atoms with Crippen LogP contribution in [0.2, 0.25) is 0 Å². The van der Waals surface area contributed by atoms with E-state index in [2.05, 4.69) is 33.8 Å². The van der Waals surface area contributed by atoms with Crippen molar-refractivity contribution in [2.75, 3.05) is 33.0 Å². The van der Waals surface area contributed by atoms with Crippen molar-refractivity contribution in [2.45, 2.75) is 247 Å². The van der Waals surface area contributed by atoms with Crippen molar-refractivity contribution >= 4 is 11.9 Å². The minimum Gasteiger partial charge on any atom is -0.479 e. The molecule has 0 aromatic carbocycles. The number of hydrogen-bond donors (Lipinski definition) is 16. The van der Waals surface area contributed by atoms with Crippen LogP contribution in [-0.2, 0) is 57.0 Å². The molecule has 0 amide bonds. The number of carboxylic acid groups (broad SMARTS) is 1. The Morgan fingerprint density at radius 2 is 1.22 bits per heavy atom. The molecule has 0 radical (unpaired) electrons. The zero-order valence-electron chi connectivity index (χ0n) is 48.8. The first kappa shape index (κ1) is 65.7. The number of allylic oxidation sites excluding steroid dienone is 2. The molecule has 0 aromatic rings. The van der Waals surface area contributed by atoms with Gasteiger partial charge < -0.3 is 129 Å². The molecule has 9 fully saturated rings. The van der Waals surface area contributed by atoms with Crippen LogP contribution in [-0.4, -0.2) is 274 Å². The second-order valence-electron chi connectivity index (χ2n) is 28.1. The number of aliphatic hydroxyl groups excluding tert-OH is 14. The lowest BCUT2D eigenvalue weighted by atomic mass is 9.33. The number of esters is 1. The fourth-order valence-corrected chi connectivity index (χ4v) is 17.4. The number of ether oxygens (including phenoxy) is 10. The van der Waals surface area contributed by atoms with Crippen molar-refractivity contribution in [3.05, 3.63) is 11.6 Å². The molecule has 28 nitrogen and oxygen atoms in total. The molecule has 10 rings (SSSR count). The fraction of sp³-hybridized carbons (Fsp3) is 0.930. The third kappa shape index (κ3) is 10.7. The first-order chi connectivity index (χ1) is 39.7. The van der Waals surface area contributed by atoms with Crippen LogP contribution in [0.15, 0.2) is 11.6 Å². The molecule has 0 bridgehead atoms. The highest BCUT2D eigenvalue weighted by molar-refractivity contribution is 5.79. The standard InChI is InChI=1S/C57H90O28/c1-22-37(80-45-36(70)38(28(63)18-76-45)81-49-42(71)57(75,20-59)21-78-49)33(67)35(69)46(79-22)83-40-30(64)27(62)17-77-48(40)85-50(74)56-12-10-51(2,3)14-24(56)23-8-9-29-52(4)15-26(61)43(84-47-34(68)31(65)32(66)39(82-47)44(72)73)53(5,19-58)41(52)25(60)16-55(29,7)54(23,6)11-13-56/h8,22,24-43,45-49,58-71,75H,9-21H2,1-7H3,(H,72,73). The van der Waals surface area contributed by atoms with Gasteiger partial charge in [-0.15, -0.1) is 0 Å². The molecule has 85 heavy (non-hydrogen) atoms. The molecule has 4 saturated carbocycles. The van der Waals surface area contributed by atoms with Crippen molar-refractivity contribution in [3.8, 4) is 0 Å². The molecular weight excluding hydrogens is 1130 g/mol. The summed E-state index contributed by atoms with van der Waals surface area (Å²) >= 11 is 0. The van der Waals surface area contributed by atoms with E-state index in [4.69, 9.17) is 47.4 Å². The van der Waals surface area contributed by atoms with Crippen LogP contribution < -0.4 is 0 Å². The highest BCUT2D eigenvalue weighted by atomic mass is 16.8. The van der Waals surface area contributed by atoms with Gasteiger partial charge in [-0.25, -0.2) is 4.79 Å². The molecule has 16 N–H and O–H groups in total. The number of aliphatic carboxylic acids is 1. The summed E-state index contributed by atoms with van der Waals surface area (Å²) in [5, 5.41) is 176. The van der Waals surface area contributed by atoms with Crippen molar-refractivity contribution < 1.29 is 139 Å². The van der Waals surface area contributed by atoms with Gasteiger partial charge in [0.05, 0.1) is 62.9 Å². The summed E-state index contributed by atoms with van der Waals surface area (Å²) < 4.78 is 58.3. The van der Waals surface area contributed by atoms with E-state index in [1.807, 2.05) is 6.92 Å². The van der Waals surface area contributed by atoms with Gasteiger partial charge in [0, 0.05) is 11.3 Å². The SMILES string of the molecule is CC1OC(OC2C(OC(=O)C34CCC(C)(C)CC3C3=CCC5C6(C)CC(O)C(OC7OC(C(=O)O)C(O)C(O)C7O)C(C)(CO)C6C(O)CC5(C)C3(C)CC4)OCC(O)C2O)C(O)C(O)C1OC1OCC(O)C(OC2OCC(O)(CO)C2O)C1O. The smallest absolute Gasteiger partial charge is 0.335 e. The Hall–Kier alpha value is -2.28. The van der Waals surface area contributed by atoms with E-state index in [1.54, 1.807) is 6.92 Å². The topological polar surface area (TPSA) is 450 Å². The average Bonchev–Trinajstić information content (AvgIpc) is 0.961. The molecule has 32 atom stereocenters. The maximum atomic E-state index is 15.4. The summed E-state index contributed by atoms with van der Waals surface area (Å²) in [7, 11) is 0. The molecule has 5 heterocycles. The van der Waals surface area contributed by atoms with Gasteiger partial charge in [-0.05, 0) is 91.8 Å². The first-order valence-corrected chi connectivity index (χ1v) is 29.7. The van der Waals surface area contributed by atoms with Gasteiger partial charge in [0.25, 0.3) is 0 Å². The van der Waals surface area contributed by atoms with E-state index < -0.39 is 231 Å². The maximum absolute atomic E-state index is 15.4. The number of carbonyl (C=O) groups excluding carboxylic acids is 1. The molecule has 5 aliphatic carbocycles. The Morgan fingerprint density at radius 3 is 1.88 bits per heavy atom. The quantitative estimate of drug-likeness (QED) is 0.0472. The molecule has 10 aliphatic rings. The molecule has 0 aromatic heterocycles. The highest BCUT2D eigenvalue weighted by Gasteiger charge is 2.73. The predicted molar refractivity (Wildman–Crippen MR) is 281 cm³/mol. The van der Waals surface area contributed by atoms with Gasteiger partial charge >= 0.3 is 11.9 Å². The minimum absolute atomic E-state index is 0.0325. The average molecular weight is 1220 g/mol. The maximum Gasteiger partial charge on any atom is 0.335 e. The van der Waals surface area contributed by atoms with E-state index in [-0.39, 0.29) is 24.2 Å². The molecule has 32 unspecified atom stereocenters. The van der Waals surface area contributed by atoms with Crippen LogP contribution in [0.4, 0.5) is 0 Å². The van der Waals surface area contributed by atoms with Gasteiger partial charge in [-0.1, -0.05) is 53.2 Å². The van der Waals surface area contributed by atoms with Crippen molar-refractivity contribution in [1.29, 1.82) is 0 Å². The number of aliphatic hydroxyl groups is 15. The molecule has 5 aliphatic heterocycles. The number of fused-ring (bicyclic) bond motifs is 7. The van der Waals surface area contributed by atoms with Crippen LogP contribution in [0.25, 0.3) is 0 Å². The van der Waals surface area contributed by atoms with Crippen LogP contribution in [0.3, 0.4) is 0 Å². The fourth-order valence-electron chi connectivity index (χ4n) is 17.4. The van der Waals surface area contributed by atoms with Crippen LogP contribution in [0, 0.1) is 50.2 Å². The third-order valence-electron chi connectivity index (χ3n) is 22.4. The largest absolute Gasteiger partial charge is 0.479 e. The normalized spacial score (nSPS) is 55.1. The second kappa shape index (κ2) is 23.4. The van der Waals surface area contributed by atoms with Gasteiger partial charge in [0.1, 0.15) is 78.8 Å². The summed E-state index contributed by atoms with van der Waals surface area (Å²) in [6, 6.07) is 0. The van der Waals surface area contributed by atoms with Gasteiger partial charge in [0.2, 0.25) is 6.29 Å². The van der Waals surface area contributed by atoms with Gasteiger partial charge in [-0.2, -0.15) is 0 Å². The predicted octanol–water partition coefficient (Wildman–Crippen LogP) is -4.26. The Kier molecular flexibility index (Phi) is 18.1. The number of rotatable bonds is 13. The molecular formula is C57H90O28. The van der Waals surface area contributed by atoms with Crippen LogP contribution in [0.1, 0.15) is 99.8 Å². The first-order valence-electron chi connectivity index (χ1n) is 29.7. The summed E-state index contributed by atoms with van der Waals surface area (Å²) in [5.74, 6) is -3.71. The van der Waals surface area contributed by atoms with Crippen LogP contribution >= 0.6 is 0 Å². The Morgan fingerprint density at radius 1 is 0.600 bits per heavy atom. The van der Waals surface area contributed by atoms with E-state index in [0.717, 1.165) is 5.57 Å². The number of hydrogen-bond acceptors (Lipinski definition) is 27. The van der Waals surface area contributed by atoms with Crippen LogP contribution in [0.5, 0.6) is 0 Å². The van der Waals surface area contributed by atoms with Crippen molar-refractivity contribution in [1.82, 2.24) is 0 Å². The Bertz CT molecular complexity index is 2460. The summed E-state index contributed by atoms with van der Waals surface area (Å²) in [4.78, 5) is 27.4. The van der Waals surface area contributed by atoms with Crippen molar-refractivity contribution in [3.63, 3.8) is 0 Å². The van der Waals surface area contributed by atoms with E-state index in [0.29, 0.717) is 38.5 Å². The lowest BCUT2D eigenvalue weighted by molar-refractivity contribution is -0.372. The van der Waals surface area contributed by atoms with Gasteiger partial charge in [0.15, 0.2) is 37.4 Å². The third-order valence-corrected chi connectivity index (χ3v) is 22.4. The summed E-state index contributed by atoms with van der Waals surface area (Å²) in [6.45, 7) is 10.6. The molecule has 0 spiro atoms. The summed E-state index contributed by atoms with van der Waals surface area (Å²) in [6.07, 6.45) is -33.3. The highest BCUT2D eigenvalue weighted by Crippen LogP contribution is 2.76. The summed E-state index contributed by atoms with van der Waals surface area (Å²) in [5.41, 5.74) is -6.22. The van der Waals surface area contributed by atoms with E-state index in [9.17, 15) is 86.5 Å². The monoisotopic (exact) mass is 1220 g/mol. The van der Waals surface area contributed by atoms with E-state index in [1.165, 1.54) is 6.92 Å².